The number of benzene rings is 2. The number of hydrogen-bond donors (Lipinski definition) is 4. The van der Waals surface area contributed by atoms with Crippen LogP contribution in [0.5, 0.6) is 5.75 Å². The van der Waals surface area contributed by atoms with Gasteiger partial charge in [-0.15, -0.1) is 10.2 Å². The van der Waals surface area contributed by atoms with Crippen LogP contribution in [0.4, 0.5) is 17.2 Å². The summed E-state index contributed by atoms with van der Waals surface area (Å²) in [5.41, 5.74) is 8.86. The third-order valence-electron chi connectivity index (χ3n) is 7.91. The number of imide groups is 1. The van der Waals surface area contributed by atoms with Gasteiger partial charge in [0.2, 0.25) is 11.8 Å². The number of carbonyl (C=O) groups excluding carboxylic acids is 4. The fourth-order valence-electron chi connectivity index (χ4n) is 5.62. The molecule has 224 valence electrons. The van der Waals surface area contributed by atoms with Gasteiger partial charge in [0.05, 0.1) is 28.2 Å². The van der Waals surface area contributed by atoms with Crippen molar-refractivity contribution in [1.29, 1.82) is 0 Å². The van der Waals surface area contributed by atoms with Crippen molar-refractivity contribution in [1.82, 2.24) is 25.3 Å². The van der Waals surface area contributed by atoms with Gasteiger partial charge in [0.15, 0.2) is 5.82 Å². The molecule has 1 atom stereocenters. The number of fused-ring (bicyclic) bond motifs is 1. The summed E-state index contributed by atoms with van der Waals surface area (Å²) < 4.78 is 0. The summed E-state index contributed by atoms with van der Waals surface area (Å²) in [6, 6.07) is 12.4. The van der Waals surface area contributed by atoms with Crippen molar-refractivity contribution in [2.75, 3.05) is 42.1 Å². The van der Waals surface area contributed by atoms with E-state index in [9.17, 15) is 24.3 Å². The second kappa shape index (κ2) is 11.5. The molecule has 2 aromatic carbocycles. The quantitative estimate of drug-likeness (QED) is 0.244. The van der Waals surface area contributed by atoms with E-state index < -0.39 is 29.7 Å². The maximum absolute atomic E-state index is 13.3. The first-order valence-corrected chi connectivity index (χ1v) is 14.1. The molecule has 0 aliphatic carbocycles. The van der Waals surface area contributed by atoms with Crippen molar-refractivity contribution in [3.63, 3.8) is 0 Å². The van der Waals surface area contributed by atoms with Crippen molar-refractivity contribution in [3.8, 4) is 17.0 Å². The number of amides is 4. The van der Waals surface area contributed by atoms with E-state index in [0.29, 0.717) is 55.2 Å². The third kappa shape index (κ3) is 5.30. The number of nitrogen functional groups attached to an aromatic ring is 1. The topological polar surface area (TPSA) is 174 Å². The number of nitrogens with two attached hydrogens (primary N) is 1. The maximum atomic E-state index is 13.3. The Hall–Kier alpha value is -5.72. The van der Waals surface area contributed by atoms with E-state index in [4.69, 9.17) is 5.73 Å². The largest absolute Gasteiger partial charge is 0.507 e. The van der Waals surface area contributed by atoms with Gasteiger partial charge in [-0.2, -0.15) is 0 Å². The number of para-hydroxylation sites is 1. The standard InChI is InChI=1S/C31H30N8O5/c1-18-9-10-23(29(42)33-18)39-30(43)20-6-4-7-21(27(20)31(39)44)34-26(41)11-12-37-13-15-38(16-14-37)24-17-22(35-36-28(24)32)19-5-2-3-8-25(19)40/h2-8,11-12,17,23,40H,1,9-10,13-16H2,(H2,32,36)(H,33,42)(H,34,41)/b12-11+. The molecule has 13 heteroatoms. The van der Waals surface area contributed by atoms with E-state index in [1.807, 2.05) is 4.90 Å². The summed E-state index contributed by atoms with van der Waals surface area (Å²) in [5.74, 6) is -1.74. The predicted octanol–water partition coefficient (Wildman–Crippen LogP) is 2.09. The Morgan fingerprint density at radius 1 is 1.02 bits per heavy atom. The number of aromatic hydroxyl groups is 1. The van der Waals surface area contributed by atoms with Crippen LogP contribution in [0, 0.1) is 0 Å². The Bertz CT molecular complexity index is 1730. The lowest BCUT2D eigenvalue weighted by molar-refractivity contribution is -0.125. The number of piperidine rings is 1. The van der Waals surface area contributed by atoms with E-state index in [0.717, 1.165) is 4.90 Å². The third-order valence-corrected chi connectivity index (χ3v) is 7.91. The number of piperazine rings is 1. The number of nitrogens with one attached hydrogen (secondary N) is 2. The van der Waals surface area contributed by atoms with Gasteiger partial charge in [-0.25, -0.2) is 0 Å². The molecule has 44 heavy (non-hydrogen) atoms. The van der Waals surface area contributed by atoms with Crippen molar-refractivity contribution in [2.45, 2.75) is 18.9 Å². The van der Waals surface area contributed by atoms with Gasteiger partial charge in [0.1, 0.15) is 11.8 Å². The molecule has 0 saturated carbocycles. The van der Waals surface area contributed by atoms with Gasteiger partial charge in [-0.05, 0) is 43.2 Å². The molecular formula is C31H30N8O5. The SMILES string of the molecule is C=C1CCC(N2C(=O)c3cccc(NC(=O)/C=C/N4CCN(c5cc(-c6ccccc6O)nnc5N)CC4)c3C2=O)C(=O)N1. The Kier molecular flexibility index (Phi) is 7.43. The van der Waals surface area contributed by atoms with E-state index in [1.165, 1.54) is 12.1 Å². The Morgan fingerprint density at radius 2 is 1.77 bits per heavy atom. The molecule has 0 spiro atoms. The molecule has 13 nitrogen and oxygen atoms in total. The molecular weight excluding hydrogens is 564 g/mol. The first kappa shape index (κ1) is 28.4. The molecule has 0 radical (unpaired) electrons. The molecule has 3 aromatic rings. The number of phenols is 1. The van der Waals surface area contributed by atoms with Crippen LogP contribution in [0.2, 0.25) is 0 Å². The highest BCUT2D eigenvalue weighted by Crippen LogP contribution is 2.34. The monoisotopic (exact) mass is 594 g/mol. The Morgan fingerprint density at radius 3 is 2.52 bits per heavy atom. The summed E-state index contributed by atoms with van der Waals surface area (Å²) in [6.07, 6.45) is 3.79. The summed E-state index contributed by atoms with van der Waals surface area (Å²) in [6.45, 7) is 6.13. The number of rotatable bonds is 6. The highest BCUT2D eigenvalue weighted by Gasteiger charge is 2.45. The van der Waals surface area contributed by atoms with Crippen LogP contribution in [-0.2, 0) is 9.59 Å². The van der Waals surface area contributed by atoms with Gasteiger partial charge in [-0.1, -0.05) is 24.8 Å². The summed E-state index contributed by atoms with van der Waals surface area (Å²) in [7, 11) is 0. The smallest absolute Gasteiger partial charge is 0.264 e. The minimum Gasteiger partial charge on any atom is -0.507 e. The molecule has 5 N–H and O–H groups in total. The van der Waals surface area contributed by atoms with E-state index >= 15 is 0 Å². The van der Waals surface area contributed by atoms with Crippen molar-refractivity contribution < 1.29 is 24.3 Å². The normalized spacial score (nSPS) is 18.5. The molecule has 2 fully saturated rings. The van der Waals surface area contributed by atoms with Crippen LogP contribution in [0.25, 0.3) is 11.3 Å². The van der Waals surface area contributed by atoms with Crippen molar-refractivity contribution >= 4 is 40.8 Å². The van der Waals surface area contributed by atoms with Crippen LogP contribution in [-0.4, -0.2) is 81.0 Å². The second-order valence-corrected chi connectivity index (χ2v) is 10.7. The maximum Gasteiger partial charge on any atom is 0.264 e. The molecule has 1 unspecified atom stereocenters. The van der Waals surface area contributed by atoms with Crippen LogP contribution >= 0.6 is 0 Å². The minimum absolute atomic E-state index is 0.0665. The number of hydrogen-bond acceptors (Lipinski definition) is 10. The first-order valence-electron chi connectivity index (χ1n) is 14.1. The number of nitrogens with zero attached hydrogens (tertiary/aromatic N) is 5. The number of anilines is 3. The Labute approximate surface area is 252 Å². The first-order chi connectivity index (χ1) is 21.2. The zero-order valence-corrected chi connectivity index (χ0v) is 23.7. The van der Waals surface area contributed by atoms with Crippen LogP contribution in [0.15, 0.2) is 73.1 Å². The minimum atomic E-state index is -0.939. The lowest BCUT2D eigenvalue weighted by atomic mass is 10.0. The zero-order chi connectivity index (χ0) is 31.0. The highest BCUT2D eigenvalue weighted by atomic mass is 16.3. The van der Waals surface area contributed by atoms with Crippen LogP contribution in [0.1, 0.15) is 33.6 Å². The number of phenolic OH excluding ortho intramolecular Hbond substituents is 1. The number of aromatic nitrogens is 2. The molecule has 4 heterocycles. The number of allylic oxidation sites excluding steroid dienone is 1. The summed E-state index contributed by atoms with van der Waals surface area (Å²) in [5, 5.41) is 23.8. The van der Waals surface area contributed by atoms with Crippen molar-refractivity contribution in [3.05, 3.63) is 84.2 Å². The van der Waals surface area contributed by atoms with Gasteiger partial charge >= 0.3 is 0 Å². The van der Waals surface area contributed by atoms with E-state index in [-0.39, 0.29) is 34.8 Å². The average molecular weight is 595 g/mol. The molecule has 3 aliphatic heterocycles. The highest BCUT2D eigenvalue weighted by molar-refractivity contribution is 6.26. The van der Waals surface area contributed by atoms with Crippen LogP contribution in [0.3, 0.4) is 0 Å². The molecule has 4 amide bonds. The van der Waals surface area contributed by atoms with Gasteiger partial charge in [0.25, 0.3) is 11.8 Å². The van der Waals surface area contributed by atoms with Gasteiger partial charge in [-0.3, -0.25) is 24.1 Å². The second-order valence-electron chi connectivity index (χ2n) is 10.7. The van der Waals surface area contributed by atoms with Gasteiger partial charge < -0.3 is 31.3 Å². The number of carbonyl (C=O) groups is 4. The lowest BCUT2D eigenvalue weighted by Crippen LogP contribution is -2.51. The molecule has 2 saturated heterocycles. The molecule has 1 aromatic heterocycles. The fourth-order valence-corrected chi connectivity index (χ4v) is 5.62. The van der Waals surface area contributed by atoms with E-state index in [2.05, 4.69) is 32.3 Å². The molecule has 6 rings (SSSR count). The predicted molar refractivity (Wildman–Crippen MR) is 162 cm³/mol. The molecule has 3 aliphatic rings. The van der Waals surface area contributed by atoms with E-state index in [1.54, 1.807) is 48.7 Å². The van der Waals surface area contributed by atoms with Crippen LogP contribution < -0.4 is 21.3 Å². The zero-order valence-electron chi connectivity index (χ0n) is 23.7. The Balaban J connectivity index is 1.09. The summed E-state index contributed by atoms with van der Waals surface area (Å²) in [4.78, 5) is 56.8. The average Bonchev–Trinajstić information content (AvgIpc) is 3.27. The lowest BCUT2D eigenvalue weighted by Gasteiger charge is -2.35. The fraction of sp³-hybridized carbons (Fsp3) is 0.226. The summed E-state index contributed by atoms with van der Waals surface area (Å²) >= 11 is 0. The molecule has 0 bridgehead atoms. The van der Waals surface area contributed by atoms with Gasteiger partial charge in [0, 0.05) is 49.7 Å². The van der Waals surface area contributed by atoms with Crippen molar-refractivity contribution in [2.24, 2.45) is 0 Å².